The van der Waals surface area contributed by atoms with Gasteiger partial charge in [0, 0.05) is 48.6 Å². The SMILES string of the molecule is Cn1cnc(C(=O)N[C@@H]2CN(c3ccnc4cc(Cl)ccc34)CC[C@@H]2O)c1. The Morgan fingerprint density at radius 2 is 2.19 bits per heavy atom. The number of imidazole rings is 1. The van der Waals surface area contributed by atoms with Crippen LogP contribution in [0.25, 0.3) is 10.9 Å². The lowest BCUT2D eigenvalue weighted by Crippen LogP contribution is -2.55. The average molecular weight is 386 g/mol. The predicted octanol–water partition coefficient (Wildman–Crippen LogP) is 1.99. The summed E-state index contributed by atoms with van der Waals surface area (Å²) in [5.41, 5.74) is 2.17. The Hall–Kier alpha value is -2.64. The smallest absolute Gasteiger partial charge is 0.271 e. The number of hydrogen-bond acceptors (Lipinski definition) is 5. The quantitative estimate of drug-likeness (QED) is 0.720. The lowest BCUT2D eigenvalue weighted by molar-refractivity contribution is 0.0782. The maximum Gasteiger partial charge on any atom is 0.271 e. The molecule has 1 amide bonds. The van der Waals surface area contributed by atoms with Gasteiger partial charge in [0.2, 0.25) is 0 Å². The van der Waals surface area contributed by atoms with E-state index in [1.165, 1.54) is 0 Å². The van der Waals surface area contributed by atoms with Crippen LogP contribution in [-0.4, -0.2) is 50.8 Å². The van der Waals surface area contributed by atoms with E-state index in [9.17, 15) is 9.90 Å². The first kappa shape index (κ1) is 17.8. The number of aromatic nitrogens is 3. The molecule has 3 heterocycles. The molecule has 27 heavy (non-hydrogen) atoms. The maximum atomic E-state index is 12.4. The van der Waals surface area contributed by atoms with Crippen molar-refractivity contribution in [2.24, 2.45) is 7.05 Å². The highest BCUT2D eigenvalue weighted by Gasteiger charge is 2.30. The summed E-state index contributed by atoms with van der Waals surface area (Å²) in [5, 5.41) is 14.9. The van der Waals surface area contributed by atoms with Crippen LogP contribution in [0, 0.1) is 0 Å². The van der Waals surface area contributed by atoms with E-state index < -0.39 is 6.10 Å². The zero-order chi connectivity index (χ0) is 19.0. The average Bonchev–Trinajstić information content (AvgIpc) is 3.09. The zero-order valence-electron chi connectivity index (χ0n) is 14.8. The molecule has 1 fully saturated rings. The van der Waals surface area contributed by atoms with Crippen molar-refractivity contribution in [3.63, 3.8) is 0 Å². The van der Waals surface area contributed by atoms with E-state index >= 15 is 0 Å². The second-order valence-corrected chi connectivity index (χ2v) is 7.23. The third-order valence-corrected chi connectivity index (χ3v) is 5.09. The minimum Gasteiger partial charge on any atom is -0.391 e. The summed E-state index contributed by atoms with van der Waals surface area (Å²) in [5.74, 6) is -0.284. The normalized spacial score (nSPS) is 20.0. The van der Waals surface area contributed by atoms with Crippen molar-refractivity contribution in [3.05, 3.63) is 53.7 Å². The van der Waals surface area contributed by atoms with Crippen LogP contribution < -0.4 is 10.2 Å². The highest BCUT2D eigenvalue weighted by molar-refractivity contribution is 6.31. The van der Waals surface area contributed by atoms with Crippen LogP contribution >= 0.6 is 11.6 Å². The lowest BCUT2D eigenvalue weighted by atomic mass is 10.0. The van der Waals surface area contributed by atoms with Crippen molar-refractivity contribution in [3.8, 4) is 0 Å². The molecule has 0 unspecified atom stereocenters. The Morgan fingerprint density at radius 3 is 2.96 bits per heavy atom. The number of halogens is 1. The van der Waals surface area contributed by atoms with Crippen molar-refractivity contribution in [1.82, 2.24) is 19.9 Å². The van der Waals surface area contributed by atoms with Crippen molar-refractivity contribution in [2.75, 3.05) is 18.0 Å². The van der Waals surface area contributed by atoms with Crippen LogP contribution in [0.3, 0.4) is 0 Å². The van der Waals surface area contributed by atoms with Gasteiger partial charge in [0.25, 0.3) is 5.91 Å². The van der Waals surface area contributed by atoms with E-state index in [1.54, 1.807) is 23.3 Å². The number of fused-ring (bicyclic) bond motifs is 1. The van der Waals surface area contributed by atoms with Crippen LogP contribution in [0.5, 0.6) is 0 Å². The fourth-order valence-electron chi connectivity index (χ4n) is 3.45. The molecule has 1 aliphatic rings. The van der Waals surface area contributed by atoms with Crippen molar-refractivity contribution in [1.29, 1.82) is 0 Å². The number of benzene rings is 1. The van der Waals surface area contributed by atoms with Gasteiger partial charge in [0.05, 0.1) is 24.0 Å². The number of anilines is 1. The van der Waals surface area contributed by atoms with Gasteiger partial charge < -0.3 is 19.9 Å². The molecule has 2 aromatic heterocycles. The summed E-state index contributed by atoms with van der Waals surface area (Å²) in [6, 6.07) is 7.19. The summed E-state index contributed by atoms with van der Waals surface area (Å²) in [7, 11) is 1.81. The molecule has 0 spiro atoms. The number of aliphatic hydroxyl groups excluding tert-OH is 1. The molecular weight excluding hydrogens is 366 g/mol. The molecule has 140 valence electrons. The third-order valence-electron chi connectivity index (χ3n) is 4.85. The Labute approximate surface area is 161 Å². The van der Waals surface area contributed by atoms with Gasteiger partial charge in [-0.3, -0.25) is 9.78 Å². The van der Waals surface area contributed by atoms with Gasteiger partial charge in [-0.25, -0.2) is 4.98 Å². The van der Waals surface area contributed by atoms with E-state index in [-0.39, 0.29) is 11.9 Å². The molecule has 0 bridgehead atoms. The third kappa shape index (κ3) is 3.61. The molecule has 0 radical (unpaired) electrons. The summed E-state index contributed by atoms with van der Waals surface area (Å²) in [6.45, 7) is 1.19. The zero-order valence-corrected chi connectivity index (χ0v) is 15.6. The standard InChI is InChI=1S/C19H20ClN5O2/c1-24-9-16(22-11-24)19(27)23-15-10-25(7-5-18(15)26)17-4-6-21-14-8-12(20)2-3-13(14)17/h2-4,6,8-9,11,15,18,26H,5,7,10H2,1H3,(H,23,27)/t15-,18+/m1/s1. The van der Waals surface area contributed by atoms with Crippen LogP contribution in [0.1, 0.15) is 16.9 Å². The van der Waals surface area contributed by atoms with Gasteiger partial charge in [0.1, 0.15) is 5.69 Å². The molecule has 1 saturated heterocycles. The number of amides is 1. The van der Waals surface area contributed by atoms with Crippen LogP contribution in [-0.2, 0) is 7.05 Å². The Morgan fingerprint density at radius 1 is 1.33 bits per heavy atom. The molecule has 2 atom stereocenters. The summed E-state index contributed by atoms with van der Waals surface area (Å²) < 4.78 is 1.72. The maximum absolute atomic E-state index is 12.4. The number of aliphatic hydroxyl groups is 1. The monoisotopic (exact) mass is 385 g/mol. The lowest BCUT2D eigenvalue weighted by Gasteiger charge is -2.38. The van der Waals surface area contributed by atoms with Crippen LogP contribution in [0.4, 0.5) is 5.69 Å². The molecule has 4 rings (SSSR count). The van der Waals surface area contributed by atoms with Crippen LogP contribution in [0.15, 0.2) is 43.0 Å². The van der Waals surface area contributed by atoms with Gasteiger partial charge in [-0.15, -0.1) is 0 Å². The topological polar surface area (TPSA) is 83.3 Å². The molecule has 3 aromatic rings. The highest BCUT2D eigenvalue weighted by atomic mass is 35.5. The number of nitrogens with zero attached hydrogens (tertiary/aromatic N) is 4. The first-order valence-electron chi connectivity index (χ1n) is 8.77. The van der Waals surface area contributed by atoms with Gasteiger partial charge in [0.15, 0.2) is 0 Å². The van der Waals surface area contributed by atoms with Crippen molar-refractivity contribution >= 4 is 34.1 Å². The second kappa shape index (κ2) is 7.17. The first-order chi connectivity index (χ1) is 13.0. The Bertz CT molecular complexity index is 989. The molecule has 0 saturated carbocycles. The number of pyridine rings is 1. The number of piperidine rings is 1. The molecule has 0 aliphatic carbocycles. The minimum atomic E-state index is -0.601. The number of rotatable bonds is 3. The number of hydrogen-bond donors (Lipinski definition) is 2. The molecule has 7 nitrogen and oxygen atoms in total. The summed E-state index contributed by atoms with van der Waals surface area (Å²) in [6.07, 6.45) is 4.94. The van der Waals surface area contributed by atoms with Gasteiger partial charge in [-0.1, -0.05) is 11.6 Å². The predicted molar refractivity (Wildman–Crippen MR) is 104 cm³/mol. The number of carbonyl (C=O) groups is 1. The number of nitrogens with one attached hydrogen (secondary N) is 1. The van der Waals surface area contributed by atoms with Gasteiger partial charge in [-0.2, -0.15) is 0 Å². The summed E-state index contributed by atoms with van der Waals surface area (Å²) in [4.78, 5) is 23.0. The minimum absolute atomic E-state index is 0.284. The van der Waals surface area contributed by atoms with Crippen LogP contribution in [0.2, 0.25) is 5.02 Å². The second-order valence-electron chi connectivity index (χ2n) is 6.80. The Kier molecular flexibility index (Phi) is 4.72. The largest absolute Gasteiger partial charge is 0.391 e. The fourth-order valence-corrected chi connectivity index (χ4v) is 3.62. The molecule has 1 aromatic carbocycles. The van der Waals surface area contributed by atoms with E-state index in [4.69, 9.17) is 11.6 Å². The van der Waals surface area contributed by atoms with Gasteiger partial charge in [-0.05, 0) is 30.7 Å². The molecule has 1 aliphatic heterocycles. The van der Waals surface area contributed by atoms with Gasteiger partial charge >= 0.3 is 0 Å². The molecule has 2 N–H and O–H groups in total. The first-order valence-corrected chi connectivity index (χ1v) is 9.15. The summed E-state index contributed by atoms with van der Waals surface area (Å²) >= 11 is 6.07. The number of carbonyl (C=O) groups excluding carboxylic acids is 1. The Balaban J connectivity index is 1.56. The number of aryl methyl sites for hydroxylation is 1. The van der Waals surface area contributed by atoms with E-state index in [1.807, 2.05) is 31.3 Å². The van der Waals surface area contributed by atoms with E-state index in [2.05, 4.69) is 20.2 Å². The van der Waals surface area contributed by atoms with E-state index in [0.29, 0.717) is 30.2 Å². The van der Waals surface area contributed by atoms with E-state index in [0.717, 1.165) is 16.6 Å². The fraction of sp³-hybridized carbons (Fsp3) is 0.316. The van der Waals surface area contributed by atoms with Crippen molar-refractivity contribution in [2.45, 2.75) is 18.6 Å². The molecule has 8 heteroatoms. The highest BCUT2D eigenvalue weighted by Crippen LogP contribution is 2.29. The molecular formula is C19H20ClN5O2. The van der Waals surface area contributed by atoms with Crippen molar-refractivity contribution < 1.29 is 9.90 Å².